The lowest BCUT2D eigenvalue weighted by molar-refractivity contribution is -0.272. The van der Waals surface area contributed by atoms with E-state index < -0.39 is 35.6 Å². The molecule has 1 aliphatic rings. The van der Waals surface area contributed by atoms with Crippen molar-refractivity contribution in [3.63, 3.8) is 0 Å². The minimum atomic E-state index is -4.57. The van der Waals surface area contributed by atoms with E-state index in [4.69, 9.17) is 10.5 Å². The molecule has 126 valence electrons. The van der Waals surface area contributed by atoms with Crippen molar-refractivity contribution in [2.45, 2.75) is 38.1 Å². The molecular formula is C14H16F3N3O3. The van der Waals surface area contributed by atoms with Gasteiger partial charge in [0, 0.05) is 11.9 Å². The molecule has 0 radical (unpaired) electrons. The molecule has 2 rings (SSSR count). The number of alkyl halides is 3. The van der Waals surface area contributed by atoms with Crippen LogP contribution in [0.5, 0.6) is 0 Å². The van der Waals surface area contributed by atoms with Crippen LogP contribution < -0.4 is 11.1 Å². The summed E-state index contributed by atoms with van der Waals surface area (Å²) >= 11 is 0. The normalized spacial score (nSPS) is 27.7. The number of nitrogens with one attached hydrogen (secondary N) is 1. The highest BCUT2D eigenvalue weighted by molar-refractivity contribution is 5.96. The topological polar surface area (TPSA) is 94.3 Å². The minimum Gasteiger partial charge on any atom is -0.364 e. The second-order valence-corrected chi connectivity index (χ2v) is 5.63. The molecule has 0 unspecified atom stereocenters. The van der Waals surface area contributed by atoms with Crippen molar-refractivity contribution in [1.82, 2.24) is 4.98 Å². The van der Waals surface area contributed by atoms with E-state index in [2.05, 4.69) is 10.3 Å². The fourth-order valence-electron chi connectivity index (χ4n) is 2.38. The summed E-state index contributed by atoms with van der Waals surface area (Å²) in [5, 5.41) is 2.41. The minimum absolute atomic E-state index is 0.0599. The van der Waals surface area contributed by atoms with Crippen LogP contribution in [-0.2, 0) is 9.53 Å². The number of hydrogen-bond acceptors (Lipinski definition) is 4. The molecular weight excluding hydrogens is 315 g/mol. The third-order valence-electron chi connectivity index (χ3n) is 4.03. The molecule has 0 aliphatic carbocycles. The van der Waals surface area contributed by atoms with Crippen LogP contribution in [0.25, 0.3) is 0 Å². The van der Waals surface area contributed by atoms with Crippen LogP contribution in [0.3, 0.4) is 0 Å². The molecule has 2 heterocycles. The Morgan fingerprint density at radius 1 is 1.48 bits per heavy atom. The summed E-state index contributed by atoms with van der Waals surface area (Å²) in [7, 11) is 0. The molecule has 0 bridgehead atoms. The molecule has 9 heteroatoms. The van der Waals surface area contributed by atoms with Crippen molar-refractivity contribution in [2.75, 3.05) is 5.32 Å². The van der Waals surface area contributed by atoms with Gasteiger partial charge >= 0.3 is 6.18 Å². The van der Waals surface area contributed by atoms with Gasteiger partial charge in [-0.2, -0.15) is 13.2 Å². The van der Waals surface area contributed by atoms with Crippen molar-refractivity contribution < 1.29 is 27.5 Å². The quantitative estimate of drug-likeness (QED) is 0.884. The van der Waals surface area contributed by atoms with Crippen LogP contribution in [0, 0.1) is 5.92 Å². The Balaban J connectivity index is 2.11. The number of rotatable bonds is 3. The van der Waals surface area contributed by atoms with Gasteiger partial charge in [0.1, 0.15) is 11.8 Å². The Kier molecular flexibility index (Phi) is 4.34. The van der Waals surface area contributed by atoms with Gasteiger partial charge in [0.25, 0.3) is 11.8 Å². The fourth-order valence-corrected chi connectivity index (χ4v) is 2.38. The van der Waals surface area contributed by atoms with Gasteiger partial charge in [-0.3, -0.25) is 14.6 Å². The number of halogens is 3. The lowest BCUT2D eigenvalue weighted by atomic mass is 9.89. The van der Waals surface area contributed by atoms with E-state index in [1.165, 1.54) is 25.3 Å². The zero-order chi connectivity index (χ0) is 17.4. The SMILES string of the molecule is C[C@H]1C[C@@H](C(=O)Nc2ccnc(C(N)=O)c2)O[C@]1(C)C(F)(F)F. The summed E-state index contributed by atoms with van der Waals surface area (Å²) in [5.74, 6) is -2.36. The van der Waals surface area contributed by atoms with E-state index in [1.54, 1.807) is 0 Å². The predicted molar refractivity (Wildman–Crippen MR) is 74.5 cm³/mol. The molecule has 3 atom stereocenters. The van der Waals surface area contributed by atoms with Crippen molar-refractivity contribution in [3.8, 4) is 0 Å². The molecule has 1 aliphatic heterocycles. The number of amides is 2. The average Bonchev–Trinajstić information content (AvgIpc) is 2.76. The van der Waals surface area contributed by atoms with Crippen LogP contribution in [0.2, 0.25) is 0 Å². The van der Waals surface area contributed by atoms with E-state index in [0.717, 1.165) is 6.92 Å². The first kappa shape index (κ1) is 17.2. The number of carbonyl (C=O) groups is 2. The summed E-state index contributed by atoms with van der Waals surface area (Å²) in [6, 6.07) is 2.63. The number of nitrogens with zero attached hydrogens (tertiary/aromatic N) is 1. The largest absolute Gasteiger partial charge is 0.417 e. The first-order valence-corrected chi connectivity index (χ1v) is 6.86. The molecule has 0 aromatic carbocycles. The zero-order valence-corrected chi connectivity index (χ0v) is 12.5. The number of ether oxygens (including phenoxy) is 1. The molecule has 1 aromatic heterocycles. The van der Waals surface area contributed by atoms with E-state index >= 15 is 0 Å². The molecule has 2 amide bonds. The molecule has 6 nitrogen and oxygen atoms in total. The van der Waals surface area contributed by atoms with Gasteiger partial charge in [-0.1, -0.05) is 6.92 Å². The second kappa shape index (κ2) is 5.80. The van der Waals surface area contributed by atoms with Gasteiger partial charge in [0.2, 0.25) is 0 Å². The fraction of sp³-hybridized carbons (Fsp3) is 0.500. The highest BCUT2D eigenvalue weighted by Crippen LogP contribution is 2.46. The van der Waals surface area contributed by atoms with Gasteiger partial charge in [-0.15, -0.1) is 0 Å². The van der Waals surface area contributed by atoms with Gasteiger partial charge < -0.3 is 15.8 Å². The number of hydrogen-bond donors (Lipinski definition) is 2. The number of primary amides is 1. The summed E-state index contributed by atoms with van der Waals surface area (Å²) in [5.41, 5.74) is 2.84. The summed E-state index contributed by atoms with van der Waals surface area (Å²) in [6.45, 7) is 2.32. The summed E-state index contributed by atoms with van der Waals surface area (Å²) in [6.07, 6.45) is -4.61. The van der Waals surface area contributed by atoms with Crippen molar-refractivity contribution in [3.05, 3.63) is 24.0 Å². The van der Waals surface area contributed by atoms with Gasteiger partial charge in [-0.05, 0) is 31.4 Å². The Morgan fingerprint density at radius 3 is 2.65 bits per heavy atom. The van der Waals surface area contributed by atoms with Crippen molar-refractivity contribution >= 4 is 17.5 Å². The van der Waals surface area contributed by atoms with Crippen LogP contribution in [0.15, 0.2) is 18.3 Å². The first-order chi connectivity index (χ1) is 10.5. The number of anilines is 1. The number of aromatic nitrogens is 1. The predicted octanol–water partition coefficient (Wildman–Crippen LogP) is 1.86. The Bertz CT molecular complexity index is 635. The third-order valence-corrected chi connectivity index (χ3v) is 4.03. The molecule has 0 saturated carbocycles. The van der Waals surface area contributed by atoms with Crippen molar-refractivity contribution in [2.24, 2.45) is 11.7 Å². The smallest absolute Gasteiger partial charge is 0.364 e. The van der Waals surface area contributed by atoms with E-state index in [1.807, 2.05) is 0 Å². The molecule has 3 N–H and O–H groups in total. The first-order valence-electron chi connectivity index (χ1n) is 6.86. The molecule has 23 heavy (non-hydrogen) atoms. The number of pyridine rings is 1. The van der Waals surface area contributed by atoms with Gasteiger partial charge in [0.05, 0.1) is 0 Å². The zero-order valence-electron chi connectivity index (χ0n) is 12.5. The van der Waals surface area contributed by atoms with Gasteiger partial charge in [0.15, 0.2) is 5.60 Å². The maximum Gasteiger partial charge on any atom is 0.417 e. The standard InChI is InChI=1S/C14H16F3N3O3/c1-7-5-10(23-13(7,2)14(15,16)17)12(22)20-8-3-4-19-9(6-8)11(18)21/h3-4,6-7,10H,5H2,1-2H3,(H2,18,21)(H,19,20,22)/t7-,10-,13-/m0/s1. The Hall–Kier alpha value is -2.16. The van der Waals surface area contributed by atoms with Crippen LogP contribution >= 0.6 is 0 Å². The molecule has 1 aromatic rings. The highest BCUT2D eigenvalue weighted by atomic mass is 19.4. The van der Waals surface area contributed by atoms with E-state index in [0.29, 0.717) is 0 Å². The molecule has 1 saturated heterocycles. The lowest BCUT2D eigenvalue weighted by Crippen LogP contribution is -2.47. The van der Waals surface area contributed by atoms with E-state index in [9.17, 15) is 22.8 Å². The summed E-state index contributed by atoms with van der Waals surface area (Å²) in [4.78, 5) is 26.9. The summed E-state index contributed by atoms with van der Waals surface area (Å²) < 4.78 is 44.2. The second-order valence-electron chi connectivity index (χ2n) is 5.63. The van der Waals surface area contributed by atoms with Crippen molar-refractivity contribution in [1.29, 1.82) is 0 Å². The lowest BCUT2D eigenvalue weighted by Gasteiger charge is -2.30. The van der Waals surface area contributed by atoms with Gasteiger partial charge in [-0.25, -0.2) is 0 Å². The number of carbonyl (C=O) groups excluding carboxylic acids is 2. The maximum atomic E-state index is 13.1. The number of nitrogens with two attached hydrogens (primary N) is 1. The Labute approximate surface area is 130 Å². The Morgan fingerprint density at radius 2 is 2.13 bits per heavy atom. The molecule has 1 fully saturated rings. The van der Waals surface area contributed by atoms with Crippen LogP contribution in [0.4, 0.5) is 18.9 Å². The highest BCUT2D eigenvalue weighted by Gasteiger charge is 2.61. The maximum absolute atomic E-state index is 13.1. The van der Waals surface area contributed by atoms with Crippen LogP contribution in [-0.4, -0.2) is 34.7 Å². The monoisotopic (exact) mass is 331 g/mol. The molecule has 0 spiro atoms. The van der Waals surface area contributed by atoms with E-state index in [-0.39, 0.29) is 17.8 Å². The third kappa shape index (κ3) is 3.29. The van der Waals surface area contributed by atoms with Crippen LogP contribution in [0.1, 0.15) is 30.8 Å². The average molecular weight is 331 g/mol.